The summed E-state index contributed by atoms with van der Waals surface area (Å²) in [6.07, 6.45) is 2.63. The highest BCUT2D eigenvalue weighted by Crippen LogP contribution is 2.00. The van der Waals surface area contributed by atoms with Gasteiger partial charge in [0.15, 0.2) is 0 Å². The first kappa shape index (κ1) is 12.0. The zero-order valence-corrected chi connectivity index (χ0v) is 9.02. The fourth-order valence-corrected chi connectivity index (χ4v) is 1.15. The van der Waals surface area contributed by atoms with Crippen molar-refractivity contribution in [3.05, 3.63) is 18.2 Å². The number of carbonyl (C=O) groups excluding carboxylic acids is 2. The number of nitrogens with one attached hydrogen (secondary N) is 2. The van der Waals surface area contributed by atoms with E-state index in [2.05, 4.69) is 24.8 Å². The van der Waals surface area contributed by atoms with Crippen molar-refractivity contribution in [3.63, 3.8) is 0 Å². The first-order chi connectivity index (χ1) is 7.67. The molecule has 0 bridgehead atoms. The lowest BCUT2D eigenvalue weighted by molar-refractivity contribution is -0.142. The van der Waals surface area contributed by atoms with Crippen LogP contribution in [0.25, 0.3) is 0 Å². The van der Waals surface area contributed by atoms with Gasteiger partial charge in [-0.1, -0.05) is 0 Å². The van der Waals surface area contributed by atoms with E-state index in [4.69, 9.17) is 0 Å². The van der Waals surface area contributed by atoms with Gasteiger partial charge in [0.2, 0.25) is 0 Å². The van der Waals surface area contributed by atoms with Gasteiger partial charge >= 0.3 is 12.1 Å². The summed E-state index contributed by atoms with van der Waals surface area (Å²) in [7, 11) is 2.47. The molecule has 0 spiro atoms. The SMILES string of the molecule is COC(=O)N[C@@H](Cc1cnc[nH]1)C(=O)OC. The molecule has 0 aromatic carbocycles. The van der Waals surface area contributed by atoms with E-state index in [9.17, 15) is 9.59 Å². The summed E-state index contributed by atoms with van der Waals surface area (Å²) in [5.74, 6) is -0.542. The Hall–Kier alpha value is -2.05. The molecule has 7 nitrogen and oxygen atoms in total. The van der Waals surface area contributed by atoms with E-state index >= 15 is 0 Å². The Morgan fingerprint density at radius 3 is 2.75 bits per heavy atom. The van der Waals surface area contributed by atoms with E-state index < -0.39 is 18.1 Å². The first-order valence-electron chi connectivity index (χ1n) is 4.57. The van der Waals surface area contributed by atoms with Gasteiger partial charge in [-0.2, -0.15) is 0 Å². The van der Waals surface area contributed by atoms with Gasteiger partial charge in [0, 0.05) is 18.3 Å². The Labute approximate surface area is 92.1 Å². The van der Waals surface area contributed by atoms with Gasteiger partial charge in [-0.15, -0.1) is 0 Å². The molecule has 7 heteroatoms. The van der Waals surface area contributed by atoms with E-state index in [1.807, 2.05) is 0 Å². The van der Waals surface area contributed by atoms with Crippen LogP contribution in [0, 0.1) is 0 Å². The Balaban J connectivity index is 2.64. The number of imidazole rings is 1. The van der Waals surface area contributed by atoms with Crippen LogP contribution in [0.5, 0.6) is 0 Å². The highest BCUT2D eigenvalue weighted by atomic mass is 16.5. The zero-order valence-electron chi connectivity index (χ0n) is 9.02. The highest BCUT2D eigenvalue weighted by Gasteiger charge is 2.22. The summed E-state index contributed by atoms with van der Waals surface area (Å²) in [4.78, 5) is 29.0. The van der Waals surface area contributed by atoms with Gasteiger partial charge < -0.3 is 19.8 Å². The number of amides is 1. The summed E-state index contributed by atoms with van der Waals surface area (Å²) >= 11 is 0. The molecule has 88 valence electrons. The Morgan fingerprint density at radius 1 is 1.50 bits per heavy atom. The molecule has 0 saturated carbocycles. The van der Waals surface area contributed by atoms with Crippen LogP contribution in [-0.4, -0.2) is 42.3 Å². The van der Waals surface area contributed by atoms with Gasteiger partial charge in [0.1, 0.15) is 6.04 Å². The predicted molar refractivity (Wildman–Crippen MR) is 53.6 cm³/mol. The van der Waals surface area contributed by atoms with E-state index in [1.54, 1.807) is 6.20 Å². The quantitative estimate of drug-likeness (QED) is 0.698. The lowest BCUT2D eigenvalue weighted by Crippen LogP contribution is -2.43. The second-order valence-corrected chi connectivity index (χ2v) is 2.99. The molecule has 1 aromatic heterocycles. The number of hydrogen-bond donors (Lipinski definition) is 2. The minimum absolute atomic E-state index is 0.266. The van der Waals surface area contributed by atoms with Crippen LogP contribution in [0.4, 0.5) is 4.79 Å². The molecule has 1 heterocycles. The van der Waals surface area contributed by atoms with Gasteiger partial charge in [-0.3, -0.25) is 0 Å². The maximum atomic E-state index is 11.4. The molecular formula is C9H13N3O4. The maximum Gasteiger partial charge on any atom is 0.407 e. The molecule has 1 amide bonds. The van der Waals surface area contributed by atoms with Crippen LogP contribution in [0.3, 0.4) is 0 Å². The minimum Gasteiger partial charge on any atom is -0.467 e. The predicted octanol–water partition coefficient (Wildman–Crippen LogP) is -0.150. The number of H-pyrrole nitrogens is 1. The third-order valence-corrected chi connectivity index (χ3v) is 1.94. The average Bonchev–Trinajstić information content (AvgIpc) is 2.79. The third-order valence-electron chi connectivity index (χ3n) is 1.94. The summed E-state index contributed by atoms with van der Waals surface area (Å²) in [5.41, 5.74) is 0.715. The van der Waals surface area contributed by atoms with E-state index in [1.165, 1.54) is 20.5 Å². The second-order valence-electron chi connectivity index (χ2n) is 2.99. The number of alkyl carbamates (subject to hydrolysis) is 1. The van der Waals surface area contributed by atoms with Crippen molar-refractivity contribution in [1.82, 2.24) is 15.3 Å². The molecule has 1 atom stereocenters. The second kappa shape index (κ2) is 5.74. The van der Waals surface area contributed by atoms with E-state index in [-0.39, 0.29) is 6.42 Å². The molecule has 0 saturated heterocycles. The van der Waals surface area contributed by atoms with Gasteiger partial charge in [-0.05, 0) is 0 Å². The third kappa shape index (κ3) is 3.26. The largest absolute Gasteiger partial charge is 0.467 e. The Morgan fingerprint density at radius 2 is 2.25 bits per heavy atom. The normalized spacial score (nSPS) is 11.6. The Bertz CT molecular complexity index is 350. The van der Waals surface area contributed by atoms with Gasteiger partial charge in [-0.25, -0.2) is 14.6 Å². The standard InChI is InChI=1S/C9H13N3O4/c1-15-8(13)7(12-9(14)16-2)3-6-4-10-5-11-6/h4-5,7H,3H2,1-2H3,(H,10,11)(H,12,14)/t7-/m0/s1. The molecular weight excluding hydrogens is 214 g/mol. The number of rotatable bonds is 4. The van der Waals surface area contributed by atoms with Crippen molar-refractivity contribution in [1.29, 1.82) is 0 Å². The molecule has 0 fully saturated rings. The maximum absolute atomic E-state index is 11.4. The molecule has 0 unspecified atom stereocenters. The molecule has 0 aliphatic carbocycles. The van der Waals surface area contributed by atoms with Crippen molar-refractivity contribution in [2.45, 2.75) is 12.5 Å². The van der Waals surface area contributed by atoms with Crippen molar-refractivity contribution in [2.24, 2.45) is 0 Å². The van der Waals surface area contributed by atoms with E-state index in [0.717, 1.165) is 0 Å². The zero-order chi connectivity index (χ0) is 12.0. The lowest BCUT2D eigenvalue weighted by Gasteiger charge is -2.14. The summed E-state index contributed by atoms with van der Waals surface area (Å²) in [6.45, 7) is 0. The molecule has 0 aliphatic rings. The Kier molecular flexibility index (Phi) is 4.31. The molecule has 16 heavy (non-hydrogen) atoms. The molecule has 1 aromatic rings. The first-order valence-corrected chi connectivity index (χ1v) is 4.57. The van der Waals surface area contributed by atoms with Crippen molar-refractivity contribution in [2.75, 3.05) is 14.2 Å². The van der Waals surface area contributed by atoms with Crippen LogP contribution in [0.2, 0.25) is 0 Å². The highest BCUT2D eigenvalue weighted by molar-refractivity contribution is 5.81. The average molecular weight is 227 g/mol. The van der Waals surface area contributed by atoms with Crippen LogP contribution >= 0.6 is 0 Å². The van der Waals surface area contributed by atoms with Gasteiger partial charge in [0.05, 0.1) is 20.5 Å². The topological polar surface area (TPSA) is 93.3 Å². The van der Waals surface area contributed by atoms with Crippen molar-refractivity contribution < 1.29 is 19.1 Å². The van der Waals surface area contributed by atoms with Crippen LogP contribution < -0.4 is 5.32 Å². The molecule has 2 N–H and O–H groups in total. The van der Waals surface area contributed by atoms with Crippen LogP contribution in [-0.2, 0) is 20.7 Å². The minimum atomic E-state index is -0.794. The lowest BCUT2D eigenvalue weighted by atomic mass is 10.2. The number of methoxy groups -OCH3 is 2. The molecule has 0 aliphatic heterocycles. The fourth-order valence-electron chi connectivity index (χ4n) is 1.15. The van der Waals surface area contributed by atoms with E-state index in [0.29, 0.717) is 5.69 Å². The van der Waals surface area contributed by atoms with Crippen LogP contribution in [0.15, 0.2) is 12.5 Å². The summed E-state index contributed by atoms with van der Waals surface area (Å²) in [5, 5.41) is 2.37. The molecule has 1 rings (SSSR count). The summed E-state index contributed by atoms with van der Waals surface area (Å²) in [6, 6.07) is -0.794. The van der Waals surface area contributed by atoms with Gasteiger partial charge in [0.25, 0.3) is 0 Å². The van der Waals surface area contributed by atoms with Crippen molar-refractivity contribution >= 4 is 12.1 Å². The summed E-state index contributed by atoms with van der Waals surface area (Å²) < 4.78 is 8.97. The smallest absolute Gasteiger partial charge is 0.407 e. The number of aromatic nitrogens is 2. The van der Waals surface area contributed by atoms with Crippen LogP contribution in [0.1, 0.15) is 5.69 Å². The number of hydrogen-bond acceptors (Lipinski definition) is 5. The fraction of sp³-hybridized carbons (Fsp3) is 0.444. The number of aromatic amines is 1. The monoisotopic (exact) mass is 227 g/mol. The number of ether oxygens (including phenoxy) is 2. The number of nitrogens with zero attached hydrogens (tertiary/aromatic N) is 1. The number of carbonyl (C=O) groups is 2. The van der Waals surface area contributed by atoms with Crippen molar-refractivity contribution in [3.8, 4) is 0 Å². The molecule has 0 radical (unpaired) electrons. The number of esters is 1.